The predicted molar refractivity (Wildman–Crippen MR) is 305 cm³/mol. The fraction of sp³-hybridized carbons (Fsp3) is 0.656. The molecule has 13 nitrogen and oxygen atoms in total. The molecule has 2 amide bonds. The first kappa shape index (κ1) is 58.2. The van der Waals surface area contributed by atoms with Gasteiger partial charge in [0.05, 0.1) is 40.3 Å². The summed E-state index contributed by atoms with van der Waals surface area (Å²) in [6.07, 6.45) is 17.9. The minimum absolute atomic E-state index is 0.0130. The second-order valence-corrected chi connectivity index (χ2v) is 23.5. The number of aldehydes is 1. The highest BCUT2D eigenvalue weighted by Crippen LogP contribution is 2.47. The molecule has 4 aromatic rings. The van der Waals surface area contributed by atoms with Crippen LogP contribution in [-0.2, 0) is 43.2 Å². The fourth-order valence-electron chi connectivity index (χ4n) is 11.6. The van der Waals surface area contributed by atoms with Crippen LogP contribution in [0.15, 0.2) is 54.2 Å². The minimum Gasteiger partial charge on any atom is -0.375 e. The first-order valence-electron chi connectivity index (χ1n) is 28.9. The zero-order valence-corrected chi connectivity index (χ0v) is 48.2. The van der Waals surface area contributed by atoms with Gasteiger partial charge >= 0.3 is 0 Å². The lowest BCUT2D eigenvalue weighted by Gasteiger charge is -2.35. The fourth-order valence-corrected chi connectivity index (χ4v) is 12.5. The number of carbonyl (C=O) groups is 3. The Kier molecular flexibility index (Phi) is 21.1. The summed E-state index contributed by atoms with van der Waals surface area (Å²) in [6, 6.07) is 9.98. The van der Waals surface area contributed by atoms with Crippen molar-refractivity contribution >= 4 is 40.3 Å². The molecule has 6 heterocycles. The molecule has 2 saturated carbocycles. The van der Waals surface area contributed by atoms with Gasteiger partial charge in [-0.15, -0.1) is 11.3 Å². The second-order valence-electron chi connectivity index (χ2n) is 22.6. The highest BCUT2D eigenvalue weighted by Gasteiger charge is 2.52. The first-order valence-corrected chi connectivity index (χ1v) is 29.8. The van der Waals surface area contributed by atoms with E-state index < -0.39 is 6.04 Å². The molecule has 6 unspecified atom stereocenters. The van der Waals surface area contributed by atoms with Crippen LogP contribution in [0.25, 0.3) is 33.4 Å². The lowest BCUT2D eigenvalue weighted by Crippen LogP contribution is -2.59. The normalized spacial score (nSPS) is 21.1. The molecule has 3 aromatic heterocycles. The number of hydrogen-bond acceptors (Lipinski definition) is 11. The van der Waals surface area contributed by atoms with Gasteiger partial charge < -0.3 is 29.1 Å². The molecule has 3 saturated heterocycles. The van der Waals surface area contributed by atoms with Crippen LogP contribution >= 0.6 is 11.3 Å². The molecule has 2 aliphatic carbocycles. The van der Waals surface area contributed by atoms with Gasteiger partial charge in [0.15, 0.2) is 0 Å². The Balaban J connectivity index is 0.00000111. The number of thiazole rings is 1. The van der Waals surface area contributed by atoms with Crippen LogP contribution in [0.1, 0.15) is 162 Å². The van der Waals surface area contributed by atoms with Gasteiger partial charge in [-0.3, -0.25) is 24.5 Å². The minimum atomic E-state index is -0.735. The Labute approximate surface area is 454 Å². The number of likely N-dealkylation sites (N-methyl/N-ethyl adjacent to an activating group) is 1. The van der Waals surface area contributed by atoms with E-state index in [0.29, 0.717) is 25.0 Å². The van der Waals surface area contributed by atoms with Crippen molar-refractivity contribution in [3.8, 4) is 22.5 Å². The summed E-state index contributed by atoms with van der Waals surface area (Å²) in [7, 11) is 1.75. The number of benzene rings is 1. The maximum Gasteiger partial charge on any atom is 0.259 e. The number of epoxide rings is 1. The van der Waals surface area contributed by atoms with Gasteiger partial charge in [-0.05, 0) is 139 Å². The van der Waals surface area contributed by atoms with Crippen LogP contribution in [-0.4, -0.2) is 118 Å². The molecular formula is C61H92N8O5S. The molecule has 0 bridgehead atoms. The van der Waals surface area contributed by atoms with Crippen molar-refractivity contribution in [3.63, 3.8) is 0 Å². The molecule has 3 aliphatic heterocycles. The highest BCUT2D eigenvalue weighted by molar-refractivity contribution is 7.10. The smallest absolute Gasteiger partial charge is 0.259 e. The van der Waals surface area contributed by atoms with Gasteiger partial charge in [-0.1, -0.05) is 79.4 Å². The lowest BCUT2D eigenvalue weighted by molar-refractivity contribution is -0.141. The van der Waals surface area contributed by atoms with E-state index in [1.165, 1.54) is 54.8 Å². The number of nitrogens with one attached hydrogen (secondary N) is 2. The van der Waals surface area contributed by atoms with Crippen molar-refractivity contribution in [1.29, 1.82) is 0 Å². The zero-order chi connectivity index (χ0) is 53.8. The van der Waals surface area contributed by atoms with E-state index in [1.807, 2.05) is 12.3 Å². The van der Waals surface area contributed by atoms with Crippen LogP contribution in [0.3, 0.4) is 0 Å². The summed E-state index contributed by atoms with van der Waals surface area (Å²) in [5.41, 5.74) is 12.2. The van der Waals surface area contributed by atoms with Crippen LogP contribution in [0, 0.1) is 23.2 Å². The molecule has 75 heavy (non-hydrogen) atoms. The number of likely N-dealkylation sites (tertiary alicyclic amines) is 1. The number of carbonyl (C=O) groups excluding carboxylic acids is 3. The van der Waals surface area contributed by atoms with Crippen LogP contribution in [0.4, 0.5) is 0 Å². The number of aromatic nitrogens is 3. The van der Waals surface area contributed by atoms with Gasteiger partial charge in [0, 0.05) is 92.1 Å². The van der Waals surface area contributed by atoms with E-state index in [9.17, 15) is 9.59 Å². The standard InChI is InChI=1S/C55H78N8O4S.C4H10.C2H4O/c1-9-55(6,7)31-43-42-29-40(22-23-46(42)62(11-3)50(43)41-19-16-25-56-48(41)36(5)66-8)45-34-68-47(58-45)30-44(54(65)63-27-15-14-26-57-63)59-53(64)49(38-17-12-13-18-38)61-28-24-37(33-61)32-60(10-2)35(4)51-52(67-51)39-20-21-39;1-3-4-2;1-2-3/h16,19,22-23,25,29,34,36-39,44,49,51-52,57H,4,9-15,17-18,20-21,24,26-28,30-33H2,1-3,5-8H3,(H,59,64);3-4H2,1-2H3;2H,1H3. The molecule has 9 rings (SSSR count). The maximum atomic E-state index is 14.9. The first-order chi connectivity index (χ1) is 36.2. The number of rotatable bonds is 22. The Morgan fingerprint density at radius 1 is 1.04 bits per heavy atom. The van der Waals surface area contributed by atoms with Crippen molar-refractivity contribution < 1.29 is 23.9 Å². The number of fused-ring (bicyclic) bond motifs is 1. The third-order valence-corrected chi connectivity index (χ3v) is 17.6. The number of amides is 2. The van der Waals surface area contributed by atoms with Crippen molar-refractivity contribution in [2.24, 2.45) is 23.2 Å². The third-order valence-electron chi connectivity index (χ3n) is 16.7. The van der Waals surface area contributed by atoms with E-state index in [0.717, 1.165) is 142 Å². The van der Waals surface area contributed by atoms with E-state index in [4.69, 9.17) is 24.2 Å². The molecule has 412 valence electrons. The van der Waals surface area contributed by atoms with Gasteiger partial charge in [-0.2, -0.15) is 0 Å². The average molecular weight is 1050 g/mol. The van der Waals surface area contributed by atoms with E-state index >= 15 is 0 Å². The molecule has 2 N–H and O–H groups in total. The average Bonchev–Trinajstić information content (AvgIpc) is 4.19. The molecule has 6 atom stereocenters. The van der Waals surface area contributed by atoms with Crippen molar-refractivity contribution in [3.05, 3.63) is 70.4 Å². The number of unbranched alkanes of at least 4 members (excludes halogenated alkanes) is 1. The topological polar surface area (TPSA) is 137 Å². The molecular weight excluding hydrogens is 957 g/mol. The number of ether oxygens (including phenoxy) is 2. The Hall–Kier alpha value is -4.47. The molecule has 5 aliphatic rings. The van der Waals surface area contributed by atoms with Gasteiger partial charge in [0.2, 0.25) is 5.91 Å². The third kappa shape index (κ3) is 14.4. The second kappa shape index (κ2) is 27.2. The number of nitrogens with zero attached hydrogens (tertiary/aromatic N) is 6. The number of hydrazine groups is 1. The molecule has 1 aromatic carbocycles. The number of methoxy groups -OCH3 is 1. The van der Waals surface area contributed by atoms with Crippen molar-refractivity contribution in [2.75, 3.05) is 46.4 Å². The van der Waals surface area contributed by atoms with Crippen LogP contribution < -0.4 is 10.7 Å². The Morgan fingerprint density at radius 3 is 2.43 bits per heavy atom. The predicted octanol–water partition coefficient (Wildman–Crippen LogP) is 11.6. The van der Waals surface area contributed by atoms with E-state index in [1.54, 1.807) is 23.5 Å². The molecule has 14 heteroatoms. The number of hydrogen-bond donors (Lipinski definition) is 2. The summed E-state index contributed by atoms with van der Waals surface area (Å²) in [5.74, 6) is 1.35. The molecule has 0 spiro atoms. The number of aryl methyl sites for hydroxylation is 1. The summed E-state index contributed by atoms with van der Waals surface area (Å²) >= 11 is 1.57. The Bertz CT molecular complexity index is 2500. The number of pyridine rings is 1. The summed E-state index contributed by atoms with van der Waals surface area (Å²) in [6.45, 7) is 29.6. The lowest BCUT2D eigenvalue weighted by atomic mass is 9.81. The maximum absolute atomic E-state index is 14.9. The summed E-state index contributed by atoms with van der Waals surface area (Å²) in [5, 5.41) is 9.32. The monoisotopic (exact) mass is 1050 g/mol. The zero-order valence-electron chi connectivity index (χ0n) is 47.4. The largest absolute Gasteiger partial charge is 0.375 e. The molecule has 0 radical (unpaired) electrons. The van der Waals surface area contributed by atoms with Gasteiger partial charge in [0.1, 0.15) is 18.4 Å². The van der Waals surface area contributed by atoms with Gasteiger partial charge in [0.25, 0.3) is 5.91 Å². The Morgan fingerprint density at radius 2 is 1.79 bits per heavy atom. The summed E-state index contributed by atoms with van der Waals surface area (Å²) in [4.78, 5) is 53.2. The quantitative estimate of drug-likeness (QED) is 0.0578. The van der Waals surface area contributed by atoms with Crippen LogP contribution in [0.2, 0.25) is 0 Å². The van der Waals surface area contributed by atoms with Crippen LogP contribution in [0.5, 0.6) is 0 Å². The highest BCUT2D eigenvalue weighted by atomic mass is 32.1. The van der Waals surface area contributed by atoms with Gasteiger partial charge in [-0.25, -0.2) is 10.4 Å². The summed E-state index contributed by atoms with van der Waals surface area (Å²) < 4.78 is 14.4. The SMILES string of the molecule is C=C(C1OC1C1CC1)N(CC)CC1CCN(C(C(=O)NC(Cc2nc(-c3ccc4c(c3)c(CC(C)(C)CC)c(-c3cccnc3C(C)OC)n4CC)cs2)C(=O)N2CCCCN2)C2CCCC2)C1.CC=O.CCCC. The van der Waals surface area contributed by atoms with Crippen molar-refractivity contribution in [2.45, 2.75) is 189 Å². The van der Waals surface area contributed by atoms with E-state index in [2.05, 4.69) is 117 Å². The van der Waals surface area contributed by atoms with Crippen molar-refractivity contribution in [1.82, 2.24) is 40.1 Å². The van der Waals surface area contributed by atoms with E-state index in [-0.39, 0.29) is 41.4 Å². The molecule has 5 fully saturated rings.